The van der Waals surface area contributed by atoms with Gasteiger partial charge in [0.25, 0.3) is 0 Å². The lowest BCUT2D eigenvalue weighted by Crippen LogP contribution is -2.29. The molecule has 1 fully saturated rings. The Kier molecular flexibility index (Phi) is 5.12. The molecule has 0 radical (unpaired) electrons. The second-order valence-electron chi connectivity index (χ2n) is 5.79. The molecule has 0 spiro atoms. The summed E-state index contributed by atoms with van der Waals surface area (Å²) < 4.78 is 5.04. The summed E-state index contributed by atoms with van der Waals surface area (Å²) in [5, 5.41) is 0. The second kappa shape index (κ2) is 6.85. The molecule has 2 rings (SSSR count). The van der Waals surface area contributed by atoms with Gasteiger partial charge in [0.2, 0.25) is 5.91 Å². The fraction of sp³-hybridized carbons (Fsp3) is 0.667. The fourth-order valence-corrected chi connectivity index (χ4v) is 2.69. The van der Waals surface area contributed by atoms with Gasteiger partial charge in [0.15, 0.2) is 0 Å². The maximum absolute atomic E-state index is 11.9. The molecule has 21 heavy (non-hydrogen) atoms. The number of methoxy groups -OCH3 is 1. The van der Waals surface area contributed by atoms with Crippen LogP contribution >= 0.6 is 0 Å². The van der Waals surface area contributed by atoms with Gasteiger partial charge in [-0.3, -0.25) is 4.79 Å². The summed E-state index contributed by atoms with van der Waals surface area (Å²) in [5.41, 5.74) is 1.06. The highest BCUT2D eigenvalue weighted by Gasteiger charge is 2.29. The zero-order valence-electron chi connectivity index (χ0n) is 13.3. The van der Waals surface area contributed by atoms with E-state index >= 15 is 0 Å². The average molecular weight is 292 g/mol. The summed E-state index contributed by atoms with van der Waals surface area (Å²) >= 11 is 0. The van der Waals surface area contributed by atoms with Gasteiger partial charge in [-0.15, -0.1) is 0 Å². The van der Waals surface area contributed by atoms with Crippen molar-refractivity contribution in [2.24, 2.45) is 5.92 Å². The summed E-state index contributed by atoms with van der Waals surface area (Å²) in [6, 6.07) is 0. The van der Waals surface area contributed by atoms with Crippen LogP contribution < -0.4 is 4.90 Å². The number of carbonyl (C=O) groups excluding carboxylic acids is 1. The molecule has 0 N–H and O–H groups in total. The van der Waals surface area contributed by atoms with E-state index in [-0.39, 0.29) is 5.91 Å². The van der Waals surface area contributed by atoms with E-state index in [1.54, 1.807) is 7.11 Å². The molecule has 0 aromatic carbocycles. The van der Waals surface area contributed by atoms with E-state index in [2.05, 4.69) is 9.97 Å². The van der Waals surface area contributed by atoms with Gasteiger partial charge in [-0.2, -0.15) is 0 Å². The standard InChI is InChI=1S/C15H24N4O2/c1-11-9-16-13(17-15(11)18(2)3)7-12-8-14(20)19(10-12)5-6-21-4/h9,12H,5-8,10H2,1-4H3. The van der Waals surface area contributed by atoms with Crippen LogP contribution in [0, 0.1) is 12.8 Å². The number of ether oxygens (including phenoxy) is 1. The number of nitrogens with zero attached hydrogens (tertiary/aromatic N) is 4. The van der Waals surface area contributed by atoms with Crippen molar-refractivity contribution in [2.75, 3.05) is 45.8 Å². The Bertz CT molecular complexity index is 504. The second-order valence-corrected chi connectivity index (χ2v) is 5.79. The largest absolute Gasteiger partial charge is 0.383 e. The molecule has 1 amide bonds. The molecular formula is C15H24N4O2. The van der Waals surface area contributed by atoms with E-state index in [1.807, 2.05) is 37.0 Å². The predicted molar refractivity (Wildman–Crippen MR) is 81.4 cm³/mol. The van der Waals surface area contributed by atoms with Crippen molar-refractivity contribution in [1.29, 1.82) is 0 Å². The summed E-state index contributed by atoms with van der Waals surface area (Å²) in [7, 11) is 5.61. The molecule has 1 saturated heterocycles. The minimum Gasteiger partial charge on any atom is -0.383 e. The predicted octanol–water partition coefficient (Wildman–Crippen LogP) is 0.888. The third kappa shape index (κ3) is 3.91. The molecule has 6 heteroatoms. The summed E-state index contributed by atoms with van der Waals surface area (Å²) in [6.45, 7) is 4.04. The molecular weight excluding hydrogens is 268 g/mol. The quantitative estimate of drug-likeness (QED) is 0.779. The van der Waals surface area contributed by atoms with Gasteiger partial charge < -0.3 is 14.5 Å². The third-order valence-electron chi connectivity index (χ3n) is 3.75. The molecule has 1 unspecified atom stereocenters. The lowest BCUT2D eigenvalue weighted by atomic mass is 10.0. The Hall–Kier alpha value is -1.69. The first-order valence-electron chi connectivity index (χ1n) is 7.27. The highest BCUT2D eigenvalue weighted by molar-refractivity contribution is 5.78. The molecule has 1 aromatic heterocycles. The molecule has 1 aromatic rings. The SMILES string of the molecule is COCCN1CC(Cc2ncc(C)c(N(C)C)n2)CC1=O. The van der Waals surface area contributed by atoms with Crippen LogP contribution in [0.4, 0.5) is 5.82 Å². The van der Waals surface area contributed by atoms with Crippen molar-refractivity contribution in [3.8, 4) is 0 Å². The van der Waals surface area contributed by atoms with Crippen LogP contribution in [0.3, 0.4) is 0 Å². The number of amides is 1. The minimum absolute atomic E-state index is 0.206. The average Bonchev–Trinajstić information content (AvgIpc) is 2.78. The van der Waals surface area contributed by atoms with E-state index in [0.717, 1.165) is 30.2 Å². The number of aromatic nitrogens is 2. The Morgan fingerprint density at radius 3 is 2.90 bits per heavy atom. The highest BCUT2D eigenvalue weighted by atomic mass is 16.5. The van der Waals surface area contributed by atoms with Gasteiger partial charge in [0, 0.05) is 58.9 Å². The van der Waals surface area contributed by atoms with Crippen LogP contribution in [0.2, 0.25) is 0 Å². The number of rotatable bonds is 6. The van der Waals surface area contributed by atoms with E-state index in [4.69, 9.17) is 4.74 Å². The van der Waals surface area contributed by atoms with Crippen LogP contribution in [0.15, 0.2) is 6.20 Å². The van der Waals surface area contributed by atoms with Crippen molar-refractivity contribution in [3.05, 3.63) is 17.6 Å². The number of likely N-dealkylation sites (tertiary alicyclic amines) is 1. The Morgan fingerprint density at radius 1 is 1.48 bits per heavy atom. The molecule has 0 bridgehead atoms. The summed E-state index contributed by atoms with van der Waals surface area (Å²) in [5.74, 6) is 2.26. The van der Waals surface area contributed by atoms with Crippen LogP contribution in [-0.2, 0) is 16.0 Å². The first-order chi connectivity index (χ1) is 10.0. The van der Waals surface area contributed by atoms with Crippen LogP contribution in [0.5, 0.6) is 0 Å². The van der Waals surface area contributed by atoms with E-state index < -0.39 is 0 Å². The summed E-state index contributed by atoms with van der Waals surface area (Å²) in [4.78, 5) is 24.8. The molecule has 1 aliphatic rings. The third-order valence-corrected chi connectivity index (χ3v) is 3.75. The highest BCUT2D eigenvalue weighted by Crippen LogP contribution is 2.22. The zero-order valence-corrected chi connectivity index (χ0v) is 13.3. The molecule has 1 aliphatic heterocycles. The van der Waals surface area contributed by atoms with E-state index in [0.29, 0.717) is 25.5 Å². The van der Waals surface area contributed by atoms with Gasteiger partial charge in [-0.1, -0.05) is 0 Å². The topological polar surface area (TPSA) is 58.6 Å². The van der Waals surface area contributed by atoms with Crippen molar-refractivity contribution in [2.45, 2.75) is 19.8 Å². The Labute approximate surface area is 126 Å². The normalized spacial score (nSPS) is 18.4. The van der Waals surface area contributed by atoms with Crippen LogP contribution in [-0.4, -0.2) is 61.7 Å². The number of aryl methyl sites for hydroxylation is 1. The summed E-state index contributed by atoms with van der Waals surface area (Å²) in [6.07, 6.45) is 3.19. The number of carbonyl (C=O) groups is 1. The number of anilines is 1. The van der Waals surface area contributed by atoms with E-state index in [9.17, 15) is 4.79 Å². The molecule has 116 valence electrons. The van der Waals surface area contributed by atoms with Crippen molar-refractivity contribution < 1.29 is 9.53 Å². The lowest BCUT2D eigenvalue weighted by molar-refractivity contribution is -0.128. The monoisotopic (exact) mass is 292 g/mol. The Morgan fingerprint density at radius 2 is 2.24 bits per heavy atom. The fourth-order valence-electron chi connectivity index (χ4n) is 2.69. The van der Waals surface area contributed by atoms with Gasteiger partial charge in [-0.05, 0) is 12.8 Å². The molecule has 0 aliphatic carbocycles. The van der Waals surface area contributed by atoms with Crippen LogP contribution in [0.25, 0.3) is 0 Å². The van der Waals surface area contributed by atoms with Crippen molar-refractivity contribution in [1.82, 2.24) is 14.9 Å². The van der Waals surface area contributed by atoms with Gasteiger partial charge >= 0.3 is 0 Å². The van der Waals surface area contributed by atoms with Crippen LogP contribution in [0.1, 0.15) is 17.8 Å². The molecule has 2 heterocycles. The number of hydrogen-bond donors (Lipinski definition) is 0. The molecule has 1 atom stereocenters. The first-order valence-corrected chi connectivity index (χ1v) is 7.27. The smallest absolute Gasteiger partial charge is 0.223 e. The maximum atomic E-state index is 11.9. The minimum atomic E-state index is 0.206. The number of hydrogen-bond acceptors (Lipinski definition) is 5. The van der Waals surface area contributed by atoms with Crippen molar-refractivity contribution >= 4 is 11.7 Å². The molecule has 0 saturated carbocycles. The zero-order chi connectivity index (χ0) is 15.4. The van der Waals surface area contributed by atoms with Gasteiger partial charge in [-0.25, -0.2) is 9.97 Å². The van der Waals surface area contributed by atoms with Gasteiger partial charge in [0.05, 0.1) is 6.61 Å². The first kappa shape index (κ1) is 15.7. The van der Waals surface area contributed by atoms with E-state index in [1.165, 1.54) is 0 Å². The van der Waals surface area contributed by atoms with Crippen molar-refractivity contribution in [3.63, 3.8) is 0 Å². The Balaban J connectivity index is 1.99. The molecule has 6 nitrogen and oxygen atoms in total. The maximum Gasteiger partial charge on any atom is 0.223 e. The van der Waals surface area contributed by atoms with Gasteiger partial charge in [0.1, 0.15) is 11.6 Å². The lowest BCUT2D eigenvalue weighted by Gasteiger charge is -2.17.